The highest BCUT2D eigenvalue weighted by atomic mass is 16.3. The molecule has 1 amide bonds. The maximum Gasteiger partial charge on any atom is 0.261 e. The minimum absolute atomic E-state index is 0.0711. The van der Waals surface area contributed by atoms with Gasteiger partial charge in [-0.1, -0.05) is 35.9 Å². The summed E-state index contributed by atoms with van der Waals surface area (Å²) in [4.78, 5) is 19.7. The molecule has 0 saturated carbocycles. The second-order valence-electron chi connectivity index (χ2n) is 9.43. The molecule has 180 valence electrons. The smallest absolute Gasteiger partial charge is 0.261 e. The van der Waals surface area contributed by atoms with Crippen LogP contribution in [0.25, 0.3) is 10.9 Å². The molecule has 0 radical (unpaired) electrons. The molecule has 1 saturated heterocycles. The fourth-order valence-electron chi connectivity index (χ4n) is 4.69. The van der Waals surface area contributed by atoms with Gasteiger partial charge in [0, 0.05) is 68.2 Å². The Morgan fingerprint density at radius 1 is 1.06 bits per heavy atom. The highest BCUT2D eigenvalue weighted by Gasteiger charge is 2.21. The maximum atomic E-state index is 13.5. The predicted octanol–water partition coefficient (Wildman–Crippen LogP) is 4.20. The van der Waals surface area contributed by atoms with Gasteiger partial charge in [-0.15, -0.1) is 0 Å². The van der Waals surface area contributed by atoms with Crippen LogP contribution in [0.4, 0.5) is 11.4 Å². The number of carbonyl (C=O) groups is 1. The summed E-state index contributed by atoms with van der Waals surface area (Å²) in [6.07, 6.45) is 0.666. The van der Waals surface area contributed by atoms with Crippen LogP contribution >= 0.6 is 0 Å². The lowest BCUT2D eigenvalue weighted by Crippen LogP contribution is -2.44. The fraction of sp³-hybridized carbons (Fsp3) is 0.286. The van der Waals surface area contributed by atoms with E-state index in [0.717, 1.165) is 54.2 Å². The molecule has 1 fully saturated rings. The molecule has 1 aromatic heterocycles. The number of nitrogens with zero attached hydrogens (tertiary/aromatic N) is 4. The number of phenols is 1. The van der Waals surface area contributed by atoms with E-state index in [1.165, 1.54) is 5.56 Å². The summed E-state index contributed by atoms with van der Waals surface area (Å²) in [7, 11) is 3.88. The Morgan fingerprint density at radius 3 is 2.60 bits per heavy atom. The number of aromatic hydroxyl groups is 1. The number of hydrogen-bond donors (Lipinski definition) is 2. The van der Waals surface area contributed by atoms with E-state index in [1.807, 2.05) is 24.3 Å². The van der Waals surface area contributed by atoms with Crippen LogP contribution in [-0.4, -0.2) is 66.4 Å². The second-order valence-corrected chi connectivity index (χ2v) is 9.43. The topological polar surface area (TPSA) is 75.7 Å². The molecule has 2 heterocycles. The van der Waals surface area contributed by atoms with E-state index in [2.05, 4.69) is 58.2 Å². The minimum atomic E-state index is -0.261. The number of anilines is 2. The molecule has 5 rings (SSSR count). The van der Waals surface area contributed by atoms with Crippen molar-refractivity contribution < 1.29 is 9.90 Å². The van der Waals surface area contributed by atoms with E-state index in [1.54, 1.807) is 24.1 Å². The quantitative estimate of drug-likeness (QED) is 0.458. The van der Waals surface area contributed by atoms with Crippen molar-refractivity contribution in [3.8, 4) is 5.75 Å². The number of phenolic OH excluding ortho intramolecular Hbond substituents is 1. The Morgan fingerprint density at radius 2 is 1.83 bits per heavy atom. The van der Waals surface area contributed by atoms with Crippen molar-refractivity contribution in [3.05, 3.63) is 83.0 Å². The molecule has 0 atom stereocenters. The van der Waals surface area contributed by atoms with Gasteiger partial charge in [-0.25, -0.2) is 0 Å². The summed E-state index contributed by atoms with van der Waals surface area (Å²) in [5.74, 6) is -0.333. The molecule has 35 heavy (non-hydrogen) atoms. The molecule has 0 spiro atoms. The Bertz CT molecular complexity index is 1370. The van der Waals surface area contributed by atoms with Gasteiger partial charge in [0.1, 0.15) is 5.75 Å². The standard InChI is InChI=1S/C28H31N5O2/c1-19-6-4-7-20(14-19)15-25-23-17-24(27(34)18-26(23)30-29-25)28(35)32(3)21-8-5-9-22(16-21)33-12-10-31(2)11-13-33/h4-9,14,16-18,34H,10-13,15H2,1-3H3,(H,29,30). The second kappa shape index (κ2) is 9.43. The van der Waals surface area contributed by atoms with E-state index in [0.29, 0.717) is 11.9 Å². The van der Waals surface area contributed by atoms with Crippen molar-refractivity contribution in [2.45, 2.75) is 13.3 Å². The average Bonchev–Trinajstić information content (AvgIpc) is 3.24. The van der Waals surface area contributed by atoms with Crippen LogP contribution in [0.3, 0.4) is 0 Å². The Kier molecular flexibility index (Phi) is 6.17. The minimum Gasteiger partial charge on any atom is -0.507 e. The number of carbonyl (C=O) groups excluding carboxylic acids is 1. The zero-order valence-electron chi connectivity index (χ0n) is 20.5. The number of amides is 1. The first-order valence-electron chi connectivity index (χ1n) is 12.0. The third kappa shape index (κ3) is 4.72. The zero-order chi connectivity index (χ0) is 24.5. The molecule has 0 aliphatic carbocycles. The van der Waals surface area contributed by atoms with Gasteiger partial charge in [-0.2, -0.15) is 5.10 Å². The predicted molar refractivity (Wildman–Crippen MR) is 141 cm³/mol. The molecule has 0 unspecified atom stereocenters. The van der Waals surface area contributed by atoms with Gasteiger partial charge >= 0.3 is 0 Å². The highest BCUT2D eigenvalue weighted by molar-refractivity contribution is 6.09. The van der Waals surface area contributed by atoms with E-state index in [-0.39, 0.29) is 17.2 Å². The molecule has 3 aromatic carbocycles. The summed E-state index contributed by atoms with van der Waals surface area (Å²) in [6.45, 7) is 6.02. The van der Waals surface area contributed by atoms with Crippen molar-refractivity contribution in [2.24, 2.45) is 0 Å². The number of fused-ring (bicyclic) bond motifs is 1. The highest BCUT2D eigenvalue weighted by Crippen LogP contribution is 2.30. The Hall–Kier alpha value is -3.84. The van der Waals surface area contributed by atoms with Crippen molar-refractivity contribution in [2.75, 3.05) is 50.1 Å². The van der Waals surface area contributed by atoms with Crippen LogP contribution in [0.15, 0.2) is 60.7 Å². The van der Waals surface area contributed by atoms with Crippen molar-refractivity contribution in [3.63, 3.8) is 0 Å². The number of benzene rings is 3. The zero-order valence-corrected chi connectivity index (χ0v) is 20.5. The summed E-state index contributed by atoms with van der Waals surface area (Å²) in [6, 6.07) is 19.7. The van der Waals surface area contributed by atoms with E-state index < -0.39 is 0 Å². The number of hydrogen-bond acceptors (Lipinski definition) is 5. The van der Waals surface area contributed by atoms with Crippen LogP contribution in [0.1, 0.15) is 27.2 Å². The molecule has 7 heteroatoms. The monoisotopic (exact) mass is 469 g/mol. The number of aromatic nitrogens is 2. The van der Waals surface area contributed by atoms with Gasteiger partial charge in [0.2, 0.25) is 0 Å². The van der Waals surface area contributed by atoms with Gasteiger partial charge in [0.05, 0.1) is 11.1 Å². The molecule has 2 N–H and O–H groups in total. The number of likely N-dealkylation sites (N-methyl/N-ethyl adjacent to an activating group) is 1. The lowest BCUT2D eigenvalue weighted by Gasteiger charge is -2.34. The maximum absolute atomic E-state index is 13.5. The van der Waals surface area contributed by atoms with Crippen molar-refractivity contribution in [1.82, 2.24) is 15.1 Å². The van der Waals surface area contributed by atoms with Crippen LogP contribution < -0.4 is 9.80 Å². The molecular weight excluding hydrogens is 438 g/mol. The average molecular weight is 470 g/mol. The first-order chi connectivity index (χ1) is 16.9. The number of aromatic amines is 1. The fourth-order valence-corrected chi connectivity index (χ4v) is 4.69. The molecule has 4 aromatic rings. The molecule has 1 aliphatic rings. The number of aryl methyl sites for hydroxylation is 1. The molecule has 7 nitrogen and oxygen atoms in total. The summed E-state index contributed by atoms with van der Waals surface area (Å²) in [5, 5.41) is 19.0. The first kappa shape index (κ1) is 22.9. The lowest BCUT2D eigenvalue weighted by atomic mass is 10.0. The van der Waals surface area contributed by atoms with Crippen LogP contribution in [-0.2, 0) is 6.42 Å². The summed E-state index contributed by atoms with van der Waals surface area (Å²) in [5.41, 5.74) is 6.07. The van der Waals surface area contributed by atoms with Gasteiger partial charge in [0.15, 0.2) is 0 Å². The van der Waals surface area contributed by atoms with Crippen LogP contribution in [0.2, 0.25) is 0 Å². The third-order valence-electron chi connectivity index (χ3n) is 6.83. The van der Waals surface area contributed by atoms with E-state index >= 15 is 0 Å². The normalized spacial score (nSPS) is 14.4. The third-order valence-corrected chi connectivity index (χ3v) is 6.83. The van der Waals surface area contributed by atoms with E-state index in [9.17, 15) is 9.90 Å². The summed E-state index contributed by atoms with van der Waals surface area (Å²) >= 11 is 0. The lowest BCUT2D eigenvalue weighted by molar-refractivity contribution is 0.0990. The number of piperazine rings is 1. The SMILES string of the molecule is Cc1cccc(Cc2[nH]nc3cc(O)c(C(=O)N(C)c4cccc(N5CCN(C)CC5)c4)cc23)c1. The van der Waals surface area contributed by atoms with Gasteiger partial charge < -0.3 is 19.8 Å². The molecular formula is C28H31N5O2. The van der Waals surface area contributed by atoms with Crippen LogP contribution in [0, 0.1) is 6.92 Å². The van der Waals surface area contributed by atoms with Crippen molar-refractivity contribution in [1.29, 1.82) is 0 Å². The van der Waals surface area contributed by atoms with Crippen molar-refractivity contribution >= 4 is 28.2 Å². The van der Waals surface area contributed by atoms with Crippen LogP contribution in [0.5, 0.6) is 5.75 Å². The molecule has 1 aliphatic heterocycles. The molecule has 0 bridgehead atoms. The largest absolute Gasteiger partial charge is 0.507 e. The first-order valence-corrected chi connectivity index (χ1v) is 12.0. The Balaban J connectivity index is 1.42. The number of rotatable bonds is 5. The van der Waals surface area contributed by atoms with Gasteiger partial charge in [-0.3, -0.25) is 9.89 Å². The summed E-state index contributed by atoms with van der Waals surface area (Å²) < 4.78 is 0. The van der Waals surface area contributed by atoms with Gasteiger partial charge in [-0.05, 0) is 43.8 Å². The van der Waals surface area contributed by atoms with E-state index in [4.69, 9.17) is 0 Å². The van der Waals surface area contributed by atoms with Gasteiger partial charge in [0.25, 0.3) is 5.91 Å². The number of H-pyrrole nitrogens is 1. The number of nitrogens with one attached hydrogen (secondary N) is 1. The Labute approximate surface area is 205 Å².